The third kappa shape index (κ3) is 2.16. The molecule has 9 heteroatoms. The van der Waals surface area contributed by atoms with E-state index in [9.17, 15) is 31.1 Å². The minimum absolute atomic E-state index is 1.01. The Morgan fingerprint density at radius 3 is 1.50 bits per heavy atom. The van der Waals surface area contributed by atoms with E-state index in [0.29, 0.717) is 0 Å². The predicted octanol–water partition coefficient (Wildman–Crippen LogP) is 4.38. The van der Waals surface area contributed by atoms with Gasteiger partial charge in [-0.3, -0.25) is 0 Å². The maximum atomic E-state index is 13.4. The van der Waals surface area contributed by atoms with Crippen molar-refractivity contribution in [2.75, 3.05) is 10.7 Å². The Labute approximate surface area is 96.9 Å². The van der Waals surface area contributed by atoms with E-state index < -0.39 is 51.0 Å². The molecule has 0 N–H and O–H groups in total. The van der Waals surface area contributed by atoms with Crippen LogP contribution in [0.5, 0.6) is 0 Å². The van der Waals surface area contributed by atoms with E-state index in [1.807, 2.05) is 0 Å². The minimum atomic E-state index is -2.23. The zero-order valence-electron chi connectivity index (χ0n) is 9.12. The third-order valence-corrected chi connectivity index (χ3v) is 2.22. The van der Waals surface area contributed by atoms with Crippen molar-refractivity contribution < 1.29 is 31.1 Å². The standard InChI is InChI=1S/C9H7F7N2/c1-3(2)4-5(10)6(11)9(18(15)16)7(12)8(4)17(13)14/h3H,1-2H3. The summed E-state index contributed by atoms with van der Waals surface area (Å²) in [5.74, 6) is -7.41. The Morgan fingerprint density at radius 2 is 1.17 bits per heavy atom. The quantitative estimate of drug-likeness (QED) is 0.459. The summed E-state index contributed by atoms with van der Waals surface area (Å²) < 4.78 is 89.2. The van der Waals surface area contributed by atoms with E-state index in [2.05, 4.69) is 0 Å². The molecular weight excluding hydrogens is 269 g/mol. The van der Waals surface area contributed by atoms with Crippen LogP contribution in [0.4, 0.5) is 42.5 Å². The van der Waals surface area contributed by atoms with Crippen molar-refractivity contribution in [2.24, 2.45) is 0 Å². The first-order valence-corrected chi connectivity index (χ1v) is 4.63. The largest absolute Gasteiger partial charge is 0.203 e. The molecule has 18 heavy (non-hydrogen) atoms. The van der Waals surface area contributed by atoms with Gasteiger partial charge in [0.2, 0.25) is 0 Å². The van der Waals surface area contributed by atoms with Gasteiger partial charge in [0.05, 0.1) is 0 Å². The first-order valence-electron chi connectivity index (χ1n) is 4.63. The van der Waals surface area contributed by atoms with Crippen LogP contribution in [0.15, 0.2) is 0 Å². The summed E-state index contributed by atoms with van der Waals surface area (Å²) in [5, 5.41) is -3.95. The lowest BCUT2D eigenvalue weighted by molar-refractivity contribution is 0.216. The van der Waals surface area contributed by atoms with Crippen molar-refractivity contribution in [3.8, 4) is 0 Å². The molecule has 0 aliphatic rings. The Morgan fingerprint density at radius 1 is 0.722 bits per heavy atom. The average Bonchev–Trinajstić information content (AvgIpc) is 2.21. The smallest absolute Gasteiger partial charge is 0.191 e. The lowest BCUT2D eigenvalue weighted by atomic mass is 9.99. The number of halogens is 7. The van der Waals surface area contributed by atoms with Gasteiger partial charge in [0.1, 0.15) is 5.69 Å². The molecule has 1 aromatic rings. The Balaban J connectivity index is 3.76. The van der Waals surface area contributed by atoms with E-state index in [-0.39, 0.29) is 0 Å². The lowest BCUT2D eigenvalue weighted by Crippen LogP contribution is -2.14. The topological polar surface area (TPSA) is 6.48 Å². The predicted molar refractivity (Wildman–Crippen MR) is 49.8 cm³/mol. The highest BCUT2D eigenvalue weighted by Crippen LogP contribution is 2.41. The summed E-state index contributed by atoms with van der Waals surface area (Å²) in [6.07, 6.45) is 0. The van der Waals surface area contributed by atoms with Crippen LogP contribution < -0.4 is 10.7 Å². The van der Waals surface area contributed by atoms with Crippen molar-refractivity contribution in [2.45, 2.75) is 19.8 Å². The first kappa shape index (κ1) is 14.4. The van der Waals surface area contributed by atoms with Gasteiger partial charge in [-0.05, 0) is 16.6 Å². The van der Waals surface area contributed by atoms with E-state index >= 15 is 0 Å². The number of nitrogens with zero attached hydrogens (tertiary/aromatic N) is 2. The fourth-order valence-electron chi connectivity index (χ4n) is 1.49. The van der Waals surface area contributed by atoms with Crippen molar-refractivity contribution >= 4 is 11.4 Å². The number of hydrogen-bond donors (Lipinski definition) is 0. The number of rotatable bonds is 3. The van der Waals surface area contributed by atoms with Gasteiger partial charge in [-0.15, -0.1) is 0 Å². The zero-order valence-corrected chi connectivity index (χ0v) is 9.12. The second-order valence-electron chi connectivity index (χ2n) is 3.67. The molecule has 0 amide bonds. The van der Waals surface area contributed by atoms with Gasteiger partial charge in [0.15, 0.2) is 23.1 Å². The van der Waals surface area contributed by atoms with E-state index in [1.54, 1.807) is 0 Å². The summed E-state index contributed by atoms with van der Waals surface area (Å²) in [4.78, 5) is 0. The van der Waals surface area contributed by atoms with Gasteiger partial charge in [0, 0.05) is 5.56 Å². The molecule has 0 aromatic heterocycles. The van der Waals surface area contributed by atoms with Crippen LogP contribution in [0, 0.1) is 17.5 Å². The SMILES string of the molecule is CC(C)c1c(F)c(F)c(N(F)F)c(F)c1N(F)F. The maximum Gasteiger partial charge on any atom is 0.191 e. The molecule has 0 bridgehead atoms. The summed E-state index contributed by atoms with van der Waals surface area (Å²) in [6, 6.07) is 0. The molecule has 1 aromatic carbocycles. The van der Waals surface area contributed by atoms with Crippen molar-refractivity contribution in [1.82, 2.24) is 0 Å². The van der Waals surface area contributed by atoms with Gasteiger partial charge in [-0.25, -0.2) is 13.2 Å². The summed E-state index contributed by atoms with van der Waals surface area (Å²) in [7, 11) is 0. The van der Waals surface area contributed by atoms with Crippen LogP contribution in [0.25, 0.3) is 0 Å². The fraction of sp³-hybridized carbons (Fsp3) is 0.333. The lowest BCUT2D eigenvalue weighted by Gasteiger charge is -2.18. The number of benzene rings is 1. The summed E-state index contributed by atoms with van der Waals surface area (Å²) in [6.45, 7) is 2.37. The normalized spacial score (nSPS) is 11.0. The molecular formula is C9H7F7N2. The van der Waals surface area contributed by atoms with Gasteiger partial charge < -0.3 is 0 Å². The van der Waals surface area contributed by atoms with E-state index in [1.165, 1.54) is 13.8 Å². The summed E-state index contributed by atoms with van der Waals surface area (Å²) in [5.41, 5.74) is -4.88. The maximum absolute atomic E-state index is 13.4. The van der Waals surface area contributed by atoms with Gasteiger partial charge >= 0.3 is 0 Å². The number of anilines is 2. The highest BCUT2D eigenvalue weighted by Gasteiger charge is 2.33. The monoisotopic (exact) mass is 276 g/mol. The van der Waals surface area contributed by atoms with Crippen molar-refractivity contribution in [1.29, 1.82) is 0 Å². The van der Waals surface area contributed by atoms with Gasteiger partial charge in [-0.2, -0.15) is 0 Å². The molecule has 0 heterocycles. The third-order valence-electron chi connectivity index (χ3n) is 2.22. The Hall–Kier alpha value is -1.67. The first-order chi connectivity index (χ1) is 8.20. The highest BCUT2D eigenvalue weighted by molar-refractivity contribution is 5.64. The van der Waals surface area contributed by atoms with E-state index in [0.717, 1.165) is 0 Å². The summed E-state index contributed by atoms with van der Waals surface area (Å²) >= 11 is 0. The highest BCUT2D eigenvalue weighted by atomic mass is 19.4. The molecule has 0 saturated carbocycles. The van der Waals surface area contributed by atoms with Crippen LogP contribution in [-0.2, 0) is 0 Å². The van der Waals surface area contributed by atoms with Crippen LogP contribution in [0.2, 0.25) is 0 Å². The van der Waals surface area contributed by atoms with Gasteiger partial charge in [0.25, 0.3) is 0 Å². The Kier molecular flexibility index (Phi) is 3.92. The minimum Gasteiger partial charge on any atom is -0.203 e. The van der Waals surface area contributed by atoms with E-state index in [4.69, 9.17) is 0 Å². The molecule has 0 spiro atoms. The average molecular weight is 276 g/mol. The second-order valence-corrected chi connectivity index (χ2v) is 3.67. The van der Waals surface area contributed by atoms with Crippen LogP contribution >= 0.6 is 0 Å². The molecule has 0 atom stereocenters. The van der Waals surface area contributed by atoms with Gasteiger partial charge in [-0.1, -0.05) is 31.8 Å². The molecule has 102 valence electrons. The van der Waals surface area contributed by atoms with Crippen molar-refractivity contribution in [3.63, 3.8) is 0 Å². The zero-order chi connectivity index (χ0) is 14.2. The molecule has 0 aliphatic heterocycles. The fourth-order valence-corrected chi connectivity index (χ4v) is 1.49. The Bertz CT molecular complexity index is 459. The molecule has 0 radical (unpaired) electrons. The molecule has 0 aliphatic carbocycles. The second kappa shape index (κ2) is 4.91. The van der Waals surface area contributed by atoms with Crippen LogP contribution in [0.1, 0.15) is 25.3 Å². The molecule has 2 nitrogen and oxygen atoms in total. The molecule has 0 saturated heterocycles. The molecule has 1 rings (SSSR count). The van der Waals surface area contributed by atoms with Crippen LogP contribution in [-0.4, -0.2) is 0 Å². The molecule has 0 unspecified atom stereocenters. The number of hydrogen-bond acceptors (Lipinski definition) is 2. The molecule has 0 fully saturated rings. The van der Waals surface area contributed by atoms with Crippen LogP contribution in [0.3, 0.4) is 0 Å². The van der Waals surface area contributed by atoms with Crippen molar-refractivity contribution in [3.05, 3.63) is 23.0 Å².